The molecule has 31 heavy (non-hydrogen) atoms. The summed E-state index contributed by atoms with van der Waals surface area (Å²) in [5.74, 6) is -1.96. The average molecular weight is 426 g/mol. The Hall–Kier alpha value is -4.01. The number of hydrogen-bond donors (Lipinski definition) is 0. The lowest BCUT2D eigenvalue weighted by molar-refractivity contribution is -0.384. The molecule has 2 aromatic carbocycles. The van der Waals surface area contributed by atoms with Crippen LogP contribution < -0.4 is 0 Å². The van der Waals surface area contributed by atoms with Crippen LogP contribution in [0.1, 0.15) is 34.7 Å². The van der Waals surface area contributed by atoms with Crippen molar-refractivity contribution in [3.05, 3.63) is 81.8 Å². The molecular weight excluding hydrogens is 407 g/mol. The fraction of sp³-hybridized carbons (Fsp3) is 0.182. The molecule has 0 saturated carbocycles. The number of halogens is 1. The van der Waals surface area contributed by atoms with E-state index in [4.69, 9.17) is 9.47 Å². The van der Waals surface area contributed by atoms with Gasteiger partial charge >= 0.3 is 11.9 Å². The minimum atomic E-state index is -0.761. The highest BCUT2D eigenvalue weighted by atomic mass is 19.1. The Morgan fingerprint density at radius 2 is 1.55 bits per heavy atom. The van der Waals surface area contributed by atoms with Crippen molar-refractivity contribution in [3.63, 3.8) is 0 Å². The zero-order chi connectivity index (χ0) is 22.5. The highest BCUT2D eigenvalue weighted by Gasteiger charge is 2.29. The maximum Gasteiger partial charge on any atom is 0.356 e. The van der Waals surface area contributed by atoms with Gasteiger partial charge in [-0.25, -0.2) is 14.0 Å². The van der Waals surface area contributed by atoms with Crippen LogP contribution in [0.5, 0.6) is 0 Å². The third kappa shape index (κ3) is 4.45. The first-order valence-corrected chi connectivity index (χ1v) is 9.48. The number of benzene rings is 2. The van der Waals surface area contributed by atoms with E-state index < -0.39 is 22.7 Å². The van der Waals surface area contributed by atoms with Crippen LogP contribution in [-0.4, -0.2) is 34.6 Å². The second kappa shape index (κ2) is 9.21. The summed E-state index contributed by atoms with van der Waals surface area (Å²) < 4.78 is 25.2. The second-order valence-corrected chi connectivity index (χ2v) is 6.35. The molecule has 0 spiro atoms. The number of hydrogen-bond acceptors (Lipinski definition) is 6. The van der Waals surface area contributed by atoms with Gasteiger partial charge in [-0.15, -0.1) is 0 Å². The van der Waals surface area contributed by atoms with E-state index in [1.54, 1.807) is 13.8 Å². The molecule has 0 unspecified atom stereocenters. The quantitative estimate of drug-likeness (QED) is 0.312. The van der Waals surface area contributed by atoms with Gasteiger partial charge in [-0.3, -0.25) is 10.1 Å². The largest absolute Gasteiger partial charge is 0.462 e. The van der Waals surface area contributed by atoms with Crippen LogP contribution >= 0.6 is 0 Å². The Kier molecular flexibility index (Phi) is 6.44. The Bertz CT molecular complexity index is 1120. The normalized spacial score (nSPS) is 10.5. The molecule has 8 nitrogen and oxygen atoms in total. The molecule has 160 valence electrons. The Labute approximate surface area is 177 Å². The van der Waals surface area contributed by atoms with Crippen molar-refractivity contribution in [3.8, 4) is 16.9 Å². The van der Waals surface area contributed by atoms with E-state index in [2.05, 4.69) is 0 Å². The lowest BCUT2D eigenvalue weighted by Gasteiger charge is -2.14. The molecule has 0 radical (unpaired) electrons. The lowest BCUT2D eigenvalue weighted by atomic mass is 10.1. The summed E-state index contributed by atoms with van der Waals surface area (Å²) in [4.78, 5) is 35.9. The molecule has 3 aromatic rings. The van der Waals surface area contributed by atoms with Gasteiger partial charge in [0.1, 0.15) is 11.5 Å². The van der Waals surface area contributed by atoms with E-state index in [1.165, 1.54) is 59.2 Å². The molecule has 0 aliphatic heterocycles. The predicted molar refractivity (Wildman–Crippen MR) is 110 cm³/mol. The fourth-order valence-electron chi connectivity index (χ4n) is 3.10. The van der Waals surface area contributed by atoms with Crippen LogP contribution in [0.4, 0.5) is 10.1 Å². The number of carbonyl (C=O) groups excluding carboxylic acids is 2. The molecule has 0 aliphatic rings. The molecular formula is C22H19FN2O6. The summed E-state index contributed by atoms with van der Waals surface area (Å²) in [6.45, 7) is 3.43. The van der Waals surface area contributed by atoms with Gasteiger partial charge in [0.05, 0.1) is 29.4 Å². The molecule has 9 heteroatoms. The van der Waals surface area contributed by atoms with E-state index in [1.807, 2.05) is 0 Å². The van der Waals surface area contributed by atoms with E-state index in [-0.39, 0.29) is 30.2 Å². The van der Waals surface area contributed by atoms with E-state index in [0.29, 0.717) is 16.9 Å². The monoisotopic (exact) mass is 426 g/mol. The summed E-state index contributed by atoms with van der Waals surface area (Å²) >= 11 is 0. The third-order valence-electron chi connectivity index (χ3n) is 4.42. The minimum Gasteiger partial charge on any atom is -0.462 e. The Balaban J connectivity index is 2.31. The number of esters is 2. The molecule has 1 heterocycles. The highest BCUT2D eigenvalue weighted by Crippen LogP contribution is 2.32. The summed E-state index contributed by atoms with van der Waals surface area (Å²) in [6, 6.07) is 12.4. The third-order valence-corrected chi connectivity index (χ3v) is 4.42. The van der Waals surface area contributed by atoms with E-state index in [0.717, 1.165) is 0 Å². The number of rotatable bonds is 7. The van der Waals surface area contributed by atoms with E-state index >= 15 is 0 Å². The van der Waals surface area contributed by atoms with Crippen molar-refractivity contribution < 1.29 is 28.4 Å². The molecule has 0 saturated heterocycles. The standard InChI is InChI=1S/C22H19FN2O6/c1-3-30-21(26)18-13-19(14-5-9-17(10-6-14)25(28)29)24(20(18)22(27)31-4-2)16-11-7-15(23)8-12-16/h5-13H,3-4H2,1-2H3. The van der Waals surface area contributed by atoms with Gasteiger partial charge < -0.3 is 14.0 Å². The van der Waals surface area contributed by atoms with Crippen LogP contribution in [0.15, 0.2) is 54.6 Å². The number of carbonyl (C=O) groups is 2. The molecule has 1 aromatic heterocycles. The van der Waals surface area contributed by atoms with Gasteiger partial charge in [0.15, 0.2) is 0 Å². The summed E-state index contributed by atoms with van der Waals surface area (Å²) in [5.41, 5.74) is 1.05. The maximum atomic E-state index is 13.5. The zero-order valence-corrected chi connectivity index (χ0v) is 16.8. The van der Waals surface area contributed by atoms with Crippen molar-refractivity contribution in [2.24, 2.45) is 0 Å². The van der Waals surface area contributed by atoms with E-state index in [9.17, 15) is 24.1 Å². The van der Waals surface area contributed by atoms with Crippen LogP contribution in [0.3, 0.4) is 0 Å². The fourth-order valence-corrected chi connectivity index (χ4v) is 3.10. The number of nitrogens with zero attached hydrogens (tertiary/aromatic N) is 2. The topological polar surface area (TPSA) is 101 Å². The smallest absolute Gasteiger partial charge is 0.356 e. The Morgan fingerprint density at radius 3 is 2.10 bits per heavy atom. The van der Waals surface area contributed by atoms with Crippen molar-refractivity contribution in [2.45, 2.75) is 13.8 Å². The number of aromatic nitrogens is 1. The molecule has 0 aliphatic carbocycles. The number of ether oxygens (including phenoxy) is 2. The van der Waals surface area contributed by atoms with Gasteiger partial charge in [0.2, 0.25) is 0 Å². The molecule has 0 amide bonds. The summed E-state index contributed by atoms with van der Waals surface area (Å²) in [7, 11) is 0. The molecule has 0 atom stereocenters. The first-order valence-electron chi connectivity index (χ1n) is 9.48. The molecule has 0 fully saturated rings. The van der Waals surface area contributed by atoms with Gasteiger partial charge in [-0.2, -0.15) is 0 Å². The van der Waals surface area contributed by atoms with Crippen LogP contribution in [0.2, 0.25) is 0 Å². The number of non-ortho nitro benzene ring substituents is 1. The van der Waals surface area contributed by atoms with Crippen molar-refractivity contribution in [1.82, 2.24) is 4.57 Å². The first kappa shape index (κ1) is 21.7. The van der Waals surface area contributed by atoms with Crippen LogP contribution in [0.25, 0.3) is 16.9 Å². The Morgan fingerprint density at radius 1 is 0.968 bits per heavy atom. The number of nitro benzene ring substituents is 1. The predicted octanol–water partition coefficient (Wildman–Crippen LogP) is 4.55. The summed E-state index contributed by atoms with van der Waals surface area (Å²) in [5, 5.41) is 11.0. The molecule has 0 N–H and O–H groups in total. The zero-order valence-electron chi connectivity index (χ0n) is 16.8. The SMILES string of the molecule is CCOC(=O)c1cc(-c2ccc([N+](=O)[O-])cc2)n(-c2ccc(F)cc2)c1C(=O)OCC. The number of nitro groups is 1. The van der Waals surface area contributed by atoms with Crippen LogP contribution in [-0.2, 0) is 9.47 Å². The van der Waals surface area contributed by atoms with Crippen molar-refractivity contribution in [2.75, 3.05) is 13.2 Å². The van der Waals surface area contributed by atoms with Crippen molar-refractivity contribution in [1.29, 1.82) is 0 Å². The summed E-state index contributed by atoms with van der Waals surface area (Å²) in [6.07, 6.45) is 0. The lowest BCUT2D eigenvalue weighted by Crippen LogP contribution is -2.17. The van der Waals surface area contributed by atoms with Gasteiger partial charge in [0, 0.05) is 17.8 Å². The molecule has 3 rings (SSSR count). The van der Waals surface area contributed by atoms with Crippen molar-refractivity contribution >= 4 is 17.6 Å². The maximum absolute atomic E-state index is 13.5. The van der Waals surface area contributed by atoms with Crippen LogP contribution in [0, 0.1) is 15.9 Å². The highest BCUT2D eigenvalue weighted by molar-refractivity contribution is 6.04. The molecule has 0 bridgehead atoms. The second-order valence-electron chi connectivity index (χ2n) is 6.35. The minimum absolute atomic E-state index is 0.0297. The average Bonchev–Trinajstić information content (AvgIpc) is 3.15. The van der Waals surface area contributed by atoms with Gasteiger partial charge in [-0.1, -0.05) is 0 Å². The first-order chi connectivity index (χ1) is 14.9. The van der Waals surface area contributed by atoms with Gasteiger partial charge in [-0.05, 0) is 61.9 Å². The van der Waals surface area contributed by atoms with Gasteiger partial charge in [0.25, 0.3) is 5.69 Å².